The maximum Gasteiger partial charge on any atom is 0.269 e. The second-order valence-electron chi connectivity index (χ2n) is 7.00. The number of nitrogens with zero attached hydrogens (tertiary/aromatic N) is 4. The number of benzene rings is 1. The molecule has 1 saturated heterocycles. The molecule has 10 heteroatoms. The molecule has 156 valence electrons. The van der Waals surface area contributed by atoms with Crippen LogP contribution in [0.5, 0.6) is 0 Å². The van der Waals surface area contributed by atoms with Gasteiger partial charge in [-0.25, -0.2) is 13.1 Å². The minimum Gasteiger partial charge on any atom is -0.300 e. The van der Waals surface area contributed by atoms with Gasteiger partial charge in [0.1, 0.15) is 0 Å². The summed E-state index contributed by atoms with van der Waals surface area (Å²) in [4.78, 5) is 18.8. The first-order valence-corrected chi connectivity index (χ1v) is 11.1. The van der Waals surface area contributed by atoms with E-state index in [4.69, 9.17) is 0 Å². The summed E-state index contributed by atoms with van der Waals surface area (Å²) in [6.45, 7) is 4.67. The van der Waals surface area contributed by atoms with E-state index in [9.17, 15) is 18.5 Å². The molecule has 1 fully saturated rings. The van der Waals surface area contributed by atoms with E-state index in [-0.39, 0.29) is 18.0 Å². The van der Waals surface area contributed by atoms with Gasteiger partial charge < -0.3 is 0 Å². The summed E-state index contributed by atoms with van der Waals surface area (Å²) in [5, 5.41) is 10.7. The molecule has 1 aliphatic heterocycles. The summed E-state index contributed by atoms with van der Waals surface area (Å²) in [6, 6.07) is 12.0. The lowest BCUT2D eigenvalue weighted by molar-refractivity contribution is -0.384. The van der Waals surface area contributed by atoms with Gasteiger partial charge in [-0.3, -0.25) is 24.9 Å². The summed E-state index contributed by atoms with van der Waals surface area (Å²) < 4.78 is 27.0. The van der Waals surface area contributed by atoms with Crippen LogP contribution >= 0.6 is 0 Å². The first kappa shape index (κ1) is 21.3. The Kier molecular flexibility index (Phi) is 7.26. The van der Waals surface area contributed by atoms with Gasteiger partial charge in [-0.2, -0.15) is 0 Å². The number of rotatable bonds is 9. The van der Waals surface area contributed by atoms with Crippen molar-refractivity contribution < 1.29 is 13.3 Å². The fraction of sp³-hybridized carbons (Fsp3) is 0.421. The molecule has 0 atom stereocenters. The summed E-state index contributed by atoms with van der Waals surface area (Å²) in [5.41, 5.74) is 1.82. The van der Waals surface area contributed by atoms with Crippen LogP contribution in [-0.4, -0.2) is 66.6 Å². The van der Waals surface area contributed by atoms with E-state index in [1.165, 1.54) is 12.1 Å². The van der Waals surface area contributed by atoms with Crippen LogP contribution in [0.4, 0.5) is 5.69 Å². The molecule has 1 N–H and O–H groups in total. The van der Waals surface area contributed by atoms with E-state index >= 15 is 0 Å². The van der Waals surface area contributed by atoms with E-state index in [1.54, 1.807) is 30.5 Å². The maximum absolute atomic E-state index is 12.2. The van der Waals surface area contributed by atoms with Gasteiger partial charge in [0.2, 0.25) is 10.0 Å². The Balaban J connectivity index is 1.38. The lowest BCUT2D eigenvalue weighted by Gasteiger charge is -2.34. The molecule has 0 unspecified atom stereocenters. The van der Waals surface area contributed by atoms with E-state index in [0.29, 0.717) is 12.2 Å². The van der Waals surface area contributed by atoms with Crippen molar-refractivity contribution in [3.8, 4) is 0 Å². The van der Waals surface area contributed by atoms with Crippen molar-refractivity contribution in [1.29, 1.82) is 0 Å². The van der Waals surface area contributed by atoms with E-state index in [1.807, 2.05) is 6.07 Å². The first-order valence-electron chi connectivity index (χ1n) is 9.46. The van der Waals surface area contributed by atoms with Crippen molar-refractivity contribution in [3.63, 3.8) is 0 Å². The van der Waals surface area contributed by atoms with Crippen molar-refractivity contribution in [3.05, 3.63) is 70.0 Å². The van der Waals surface area contributed by atoms with Crippen LogP contribution in [0.25, 0.3) is 0 Å². The molecule has 0 amide bonds. The van der Waals surface area contributed by atoms with Crippen LogP contribution in [0.15, 0.2) is 48.7 Å². The van der Waals surface area contributed by atoms with Crippen LogP contribution in [0.3, 0.4) is 0 Å². The fourth-order valence-electron chi connectivity index (χ4n) is 3.16. The third-order valence-electron chi connectivity index (χ3n) is 4.89. The third kappa shape index (κ3) is 6.86. The number of hydrogen-bond donors (Lipinski definition) is 1. The number of nitrogens with one attached hydrogen (secondary N) is 1. The van der Waals surface area contributed by atoms with Crippen LogP contribution in [0.2, 0.25) is 0 Å². The zero-order chi connectivity index (χ0) is 20.7. The predicted octanol–water partition coefficient (Wildman–Crippen LogP) is 1.23. The molecule has 1 aromatic carbocycles. The van der Waals surface area contributed by atoms with Gasteiger partial charge >= 0.3 is 0 Å². The fourth-order valence-corrected chi connectivity index (χ4v) is 4.17. The predicted molar refractivity (Wildman–Crippen MR) is 110 cm³/mol. The molecule has 3 rings (SSSR count). The third-order valence-corrected chi connectivity index (χ3v) is 6.20. The zero-order valence-corrected chi connectivity index (χ0v) is 16.9. The number of nitro groups is 1. The Bertz CT molecular complexity index is 898. The van der Waals surface area contributed by atoms with Gasteiger partial charge in [-0.1, -0.05) is 18.2 Å². The number of hydrogen-bond acceptors (Lipinski definition) is 7. The van der Waals surface area contributed by atoms with Crippen molar-refractivity contribution in [2.75, 3.05) is 38.5 Å². The molecule has 0 spiro atoms. The first-order chi connectivity index (χ1) is 13.9. The lowest BCUT2D eigenvalue weighted by atomic mass is 10.2. The summed E-state index contributed by atoms with van der Waals surface area (Å²) >= 11 is 0. The monoisotopic (exact) mass is 419 g/mol. The summed E-state index contributed by atoms with van der Waals surface area (Å²) in [6.07, 6.45) is 1.64. The van der Waals surface area contributed by atoms with Gasteiger partial charge in [0.05, 0.1) is 22.9 Å². The number of piperazine rings is 1. The Hall–Kier alpha value is -2.40. The molecule has 0 radical (unpaired) electrons. The largest absolute Gasteiger partial charge is 0.300 e. The molecule has 29 heavy (non-hydrogen) atoms. The Morgan fingerprint density at radius 3 is 2.34 bits per heavy atom. The average molecular weight is 420 g/mol. The van der Waals surface area contributed by atoms with Crippen molar-refractivity contribution in [1.82, 2.24) is 19.5 Å². The minimum absolute atomic E-state index is 0.0577. The maximum atomic E-state index is 12.2. The standard InChI is InChI=1S/C19H25N5O4S/c25-24(26)19-6-4-17(5-7-19)16-23-11-9-22(10-12-23)13-14-29(27,28)21-15-18-3-1-2-8-20-18/h1-8,21H,9-16H2. The molecule has 0 saturated carbocycles. The minimum atomic E-state index is -3.35. The zero-order valence-electron chi connectivity index (χ0n) is 16.1. The highest BCUT2D eigenvalue weighted by Gasteiger charge is 2.19. The highest BCUT2D eigenvalue weighted by molar-refractivity contribution is 7.89. The molecule has 0 aliphatic carbocycles. The number of nitro benzene ring substituents is 1. The van der Waals surface area contributed by atoms with Gasteiger partial charge in [0, 0.05) is 57.6 Å². The number of non-ortho nitro benzene ring substituents is 1. The highest BCUT2D eigenvalue weighted by Crippen LogP contribution is 2.14. The molecule has 2 heterocycles. The molecular formula is C19H25N5O4S. The molecular weight excluding hydrogens is 394 g/mol. The summed E-state index contributed by atoms with van der Waals surface area (Å²) in [5.74, 6) is 0.0577. The van der Waals surface area contributed by atoms with Gasteiger partial charge in [0.25, 0.3) is 5.69 Å². The van der Waals surface area contributed by atoms with E-state index in [2.05, 4.69) is 19.5 Å². The van der Waals surface area contributed by atoms with Crippen molar-refractivity contribution in [2.24, 2.45) is 0 Å². The van der Waals surface area contributed by atoms with Crippen molar-refractivity contribution >= 4 is 15.7 Å². The number of sulfonamides is 1. The van der Waals surface area contributed by atoms with Crippen LogP contribution in [-0.2, 0) is 23.1 Å². The smallest absolute Gasteiger partial charge is 0.269 e. The SMILES string of the molecule is O=[N+]([O-])c1ccc(CN2CCN(CCS(=O)(=O)NCc3ccccn3)CC2)cc1. The highest BCUT2D eigenvalue weighted by atomic mass is 32.2. The Labute approximate surface area is 170 Å². The normalized spacial score (nSPS) is 16.0. The van der Waals surface area contributed by atoms with E-state index in [0.717, 1.165) is 38.3 Å². The van der Waals surface area contributed by atoms with E-state index < -0.39 is 14.9 Å². The Morgan fingerprint density at radius 2 is 1.72 bits per heavy atom. The quantitative estimate of drug-likeness (QED) is 0.481. The van der Waals surface area contributed by atoms with Gasteiger partial charge in [0.15, 0.2) is 0 Å². The molecule has 1 aliphatic rings. The average Bonchev–Trinajstić information content (AvgIpc) is 2.73. The second-order valence-corrected chi connectivity index (χ2v) is 8.93. The molecule has 1 aromatic heterocycles. The van der Waals surface area contributed by atoms with Gasteiger partial charge in [-0.05, 0) is 17.7 Å². The molecule has 9 nitrogen and oxygen atoms in total. The van der Waals surface area contributed by atoms with Crippen LogP contribution in [0.1, 0.15) is 11.3 Å². The lowest BCUT2D eigenvalue weighted by Crippen LogP contribution is -2.47. The second kappa shape index (κ2) is 9.88. The van der Waals surface area contributed by atoms with Crippen molar-refractivity contribution in [2.45, 2.75) is 13.1 Å². The number of aromatic nitrogens is 1. The van der Waals surface area contributed by atoms with Gasteiger partial charge in [-0.15, -0.1) is 0 Å². The van der Waals surface area contributed by atoms with Crippen LogP contribution < -0.4 is 4.72 Å². The molecule has 0 bridgehead atoms. The molecule has 2 aromatic rings. The topological polar surface area (TPSA) is 109 Å². The Morgan fingerprint density at radius 1 is 1.03 bits per heavy atom. The summed E-state index contributed by atoms with van der Waals surface area (Å²) in [7, 11) is -3.35. The number of pyridine rings is 1. The van der Waals surface area contributed by atoms with Crippen LogP contribution in [0, 0.1) is 10.1 Å².